The van der Waals surface area contributed by atoms with Crippen molar-refractivity contribution in [3.8, 4) is 0 Å². The Kier molecular flexibility index (Phi) is 4.52. The molecule has 2 fully saturated rings. The summed E-state index contributed by atoms with van der Waals surface area (Å²) in [5.41, 5.74) is 0.674. The fraction of sp³-hybridized carbons (Fsp3) is 0.579. The van der Waals surface area contributed by atoms with Gasteiger partial charge in [-0.25, -0.2) is 4.98 Å². The molecule has 0 amide bonds. The van der Waals surface area contributed by atoms with Gasteiger partial charge in [-0.05, 0) is 43.7 Å². The number of pyridine rings is 1. The van der Waals surface area contributed by atoms with Gasteiger partial charge in [0.25, 0.3) is 5.56 Å². The highest BCUT2D eigenvalue weighted by Gasteiger charge is 2.23. The van der Waals surface area contributed by atoms with Gasteiger partial charge >= 0.3 is 0 Å². The van der Waals surface area contributed by atoms with Crippen molar-refractivity contribution in [1.29, 1.82) is 0 Å². The second-order valence-corrected chi connectivity index (χ2v) is 7.28. The standard InChI is InChI=1S/C19H26N4O/c24-19-13-17(21-18-7-3-4-10-23(18)19)20-16-8-11-22(12-9-16)14-15-5-1-2-6-15/h3-4,7,10,13,15-16,20H,1-2,5-6,8-9,11-12,14H2. The SMILES string of the molecule is O=c1cc(NC2CCN(CC3CCCC3)CC2)nc2ccccn12. The Balaban J connectivity index is 1.36. The molecule has 2 aromatic rings. The van der Waals surface area contributed by atoms with Gasteiger partial charge < -0.3 is 10.2 Å². The van der Waals surface area contributed by atoms with Crippen LogP contribution in [0.1, 0.15) is 38.5 Å². The number of hydrogen-bond acceptors (Lipinski definition) is 4. The number of nitrogens with one attached hydrogen (secondary N) is 1. The lowest BCUT2D eigenvalue weighted by atomic mass is 10.0. The number of anilines is 1. The number of nitrogens with zero attached hydrogens (tertiary/aromatic N) is 3. The van der Waals surface area contributed by atoms with E-state index in [0.29, 0.717) is 17.5 Å². The minimum absolute atomic E-state index is 0.0261. The minimum Gasteiger partial charge on any atom is -0.367 e. The summed E-state index contributed by atoms with van der Waals surface area (Å²) in [4.78, 5) is 19.4. The fourth-order valence-electron chi connectivity index (χ4n) is 4.15. The molecule has 5 heteroatoms. The minimum atomic E-state index is -0.0261. The summed E-state index contributed by atoms with van der Waals surface area (Å²) in [5.74, 6) is 1.64. The first-order valence-electron chi connectivity index (χ1n) is 9.25. The van der Waals surface area contributed by atoms with Crippen LogP contribution in [0.15, 0.2) is 35.3 Å². The number of aromatic nitrogens is 2. The maximum absolute atomic E-state index is 12.2. The van der Waals surface area contributed by atoms with E-state index in [1.165, 1.54) is 32.2 Å². The third-order valence-electron chi connectivity index (χ3n) is 5.50. The van der Waals surface area contributed by atoms with Gasteiger partial charge in [0.2, 0.25) is 0 Å². The molecule has 1 saturated heterocycles. The molecule has 24 heavy (non-hydrogen) atoms. The average Bonchev–Trinajstić information content (AvgIpc) is 3.10. The smallest absolute Gasteiger partial charge is 0.259 e. The first-order chi connectivity index (χ1) is 11.8. The summed E-state index contributed by atoms with van der Waals surface area (Å²) in [6, 6.07) is 7.66. The van der Waals surface area contributed by atoms with Crippen molar-refractivity contribution < 1.29 is 0 Å². The van der Waals surface area contributed by atoms with E-state index in [1.54, 1.807) is 16.7 Å². The first kappa shape index (κ1) is 15.6. The van der Waals surface area contributed by atoms with E-state index in [-0.39, 0.29) is 5.56 Å². The Morgan fingerprint density at radius 3 is 2.71 bits per heavy atom. The predicted octanol–water partition coefficient (Wildman–Crippen LogP) is 2.76. The maximum Gasteiger partial charge on any atom is 0.259 e. The monoisotopic (exact) mass is 326 g/mol. The molecule has 2 aliphatic rings. The quantitative estimate of drug-likeness (QED) is 0.938. The molecule has 128 valence electrons. The molecule has 0 aromatic carbocycles. The van der Waals surface area contributed by atoms with Crippen molar-refractivity contribution in [3.63, 3.8) is 0 Å². The lowest BCUT2D eigenvalue weighted by Gasteiger charge is -2.34. The highest BCUT2D eigenvalue weighted by molar-refractivity contribution is 5.46. The van der Waals surface area contributed by atoms with E-state index < -0.39 is 0 Å². The molecule has 4 rings (SSSR count). The van der Waals surface area contributed by atoms with Crippen LogP contribution in [0.3, 0.4) is 0 Å². The Hall–Kier alpha value is -1.88. The van der Waals surface area contributed by atoms with Gasteiger partial charge in [0.1, 0.15) is 11.5 Å². The van der Waals surface area contributed by atoms with Gasteiger partial charge in [0.05, 0.1) is 0 Å². The Labute approximate surface area is 142 Å². The summed E-state index contributed by atoms with van der Waals surface area (Å²) >= 11 is 0. The zero-order valence-corrected chi connectivity index (χ0v) is 14.2. The van der Waals surface area contributed by atoms with Crippen LogP contribution in [-0.2, 0) is 0 Å². The molecule has 3 heterocycles. The van der Waals surface area contributed by atoms with Crippen molar-refractivity contribution >= 4 is 11.5 Å². The fourth-order valence-corrected chi connectivity index (χ4v) is 4.15. The van der Waals surface area contributed by atoms with Crippen LogP contribution in [0.25, 0.3) is 5.65 Å². The van der Waals surface area contributed by atoms with Crippen LogP contribution >= 0.6 is 0 Å². The Morgan fingerprint density at radius 1 is 1.12 bits per heavy atom. The largest absolute Gasteiger partial charge is 0.367 e. The zero-order valence-electron chi connectivity index (χ0n) is 14.2. The van der Waals surface area contributed by atoms with Crippen LogP contribution in [-0.4, -0.2) is 40.0 Å². The molecule has 0 bridgehead atoms. The number of piperidine rings is 1. The summed E-state index contributed by atoms with van der Waals surface area (Å²) < 4.78 is 1.58. The van der Waals surface area contributed by atoms with Gasteiger partial charge in [0, 0.05) is 37.9 Å². The molecule has 0 unspecified atom stereocenters. The van der Waals surface area contributed by atoms with Gasteiger partial charge in [-0.1, -0.05) is 18.9 Å². The number of likely N-dealkylation sites (tertiary alicyclic amines) is 1. The molecule has 5 nitrogen and oxygen atoms in total. The van der Waals surface area contributed by atoms with Gasteiger partial charge in [-0.3, -0.25) is 9.20 Å². The molecule has 1 saturated carbocycles. The van der Waals surface area contributed by atoms with E-state index in [1.807, 2.05) is 18.2 Å². The van der Waals surface area contributed by atoms with Gasteiger partial charge in [-0.15, -0.1) is 0 Å². The third kappa shape index (κ3) is 3.46. The number of rotatable bonds is 4. The molecule has 0 atom stereocenters. The number of hydrogen-bond donors (Lipinski definition) is 1. The maximum atomic E-state index is 12.2. The molecule has 0 radical (unpaired) electrons. The second-order valence-electron chi connectivity index (χ2n) is 7.28. The van der Waals surface area contributed by atoms with E-state index in [2.05, 4.69) is 15.2 Å². The normalized spacial score (nSPS) is 20.7. The summed E-state index contributed by atoms with van der Waals surface area (Å²) in [7, 11) is 0. The highest BCUT2D eigenvalue weighted by atomic mass is 16.1. The summed E-state index contributed by atoms with van der Waals surface area (Å²) in [6.07, 6.45) is 9.70. The van der Waals surface area contributed by atoms with Crippen LogP contribution in [0.2, 0.25) is 0 Å². The lowest BCUT2D eigenvalue weighted by Crippen LogP contribution is -2.41. The van der Waals surface area contributed by atoms with Gasteiger partial charge in [-0.2, -0.15) is 0 Å². The van der Waals surface area contributed by atoms with Crippen molar-refractivity contribution in [3.05, 3.63) is 40.8 Å². The van der Waals surface area contributed by atoms with Crippen LogP contribution in [0.4, 0.5) is 5.82 Å². The topological polar surface area (TPSA) is 49.6 Å². The number of fused-ring (bicyclic) bond motifs is 1. The van der Waals surface area contributed by atoms with Crippen molar-refractivity contribution in [2.24, 2.45) is 5.92 Å². The molecule has 1 N–H and O–H groups in total. The van der Waals surface area contributed by atoms with Crippen LogP contribution in [0.5, 0.6) is 0 Å². The van der Waals surface area contributed by atoms with E-state index in [9.17, 15) is 4.79 Å². The summed E-state index contributed by atoms with van der Waals surface area (Å²) in [6.45, 7) is 3.59. The highest BCUT2D eigenvalue weighted by Crippen LogP contribution is 2.26. The average molecular weight is 326 g/mol. The van der Waals surface area contributed by atoms with Crippen molar-refractivity contribution in [2.75, 3.05) is 25.0 Å². The molecule has 1 aliphatic carbocycles. The molecule has 0 spiro atoms. The molecular weight excluding hydrogens is 300 g/mol. The summed E-state index contributed by atoms with van der Waals surface area (Å²) in [5, 5.41) is 3.48. The van der Waals surface area contributed by atoms with E-state index in [4.69, 9.17) is 0 Å². The lowest BCUT2D eigenvalue weighted by molar-refractivity contribution is 0.189. The molecular formula is C19H26N4O. The molecule has 1 aliphatic heterocycles. The van der Waals surface area contributed by atoms with Crippen molar-refractivity contribution in [2.45, 2.75) is 44.6 Å². The predicted molar refractivity (Wildman–Crippen MR) is 96.5 cm³/mol. The third-order valence-corrected chi connectivity index (χ3v) is 5.50. The zero-order chi connectivity index (χ0) is 16.4. The van der Waals surface area contributed by atoms with Gasteiger partial charge in [0.15, 0.2) is 0 Å². The molecule has 2 aromatic heterocycles. The van der Waals surface area contributed by atoms with Crippen molar-refractivity contribution in [1.82, 2.24) is 14.3 Å². The van der Waals surface area contributed by atoms with Crippen LogP contribution < -0.4 is 10.9 Å². The van der Waals surface area contributed by atoms with Crippen LogP contribution in [0, 0.1) is 5.92 Å². The van der Waals surface area contributed by atoms with E-state index >= 15 is 0 Å². The second kappa shape index (κ2) is 6.93. The Morgan fingerprint density at radius 2 is 1.92 bits per heavy atom. The first-order valence-corrected chi connectivity index (χ1v) is 9.25. The Bertz CT molecular complexity index is 742. The van der Waals surface area contributed by atoms with E-state index in [0.717, 1.165) is 31.8 Å².